The Bertz CT molecular complexity index is 920. The molecule has 0 fully saturated rings. The second-order valence-corrected chi connectivity index (χ2v) is 17.1. The Hall–Kier alpha value is -1.92. The van der Waals surface area contributed by atoms with E-state index in [9.17, 15) is 9.59 Å². The molecule has 6 nitrogen and oxygen atoms in total. The van der Waals surface area contributed by atoms with Crippen LogP contribution in [0.3, 0.4) is 0 Å². The lowest BCUT2D eigenvalue weighted by molar-refractivity contribution is 0.0481. The van der Waals surface area contributed by atoms with Gasteiger partial charge < -0.3 is 19.3 Å². The minimum absolute atomic E-state index is 0.334. The zero-order valence-corrected chi connectivity index (χ0v) is 37.7. The number of carbonyl (C=O) groups is 2. The van der Waals surface area contributed by atoms with Crippen molar-refractivity contribution in [3.05, 3.63) is 35.4 Å². The molecule has 0 aromatic heterocycles. The molecule has 326 valence electrons. The number of ether oxygens (including phenoxy) is 2. The summed E-state index contributed by atoms with van der Waals surface area (Å²) >= 11 is 0. The molecule has 0 saturated heterocycles. The quantitative estimate of drug-likeness (QED) is 0.0486. The Morgan fingerprint density at radius 2 is 0.571 bits per heavy atom. The lowest BCUT2D eigenvalue weighted by Gasteiger charge is -2.16. The first kappa shape index (κ1) is 52.1. The van der Waals surface area contributed by atoms with Crippen molar-refractivity contribution in [2.24, 2.45) is 0 Å². The number of hydrogen-bond donors (Lipinski definition) is 0. The van der Waals surface area contributed by atoms with E-state index in [-0.39, 0.29) is 11.9 Å². The molecule has 0 spiro atoms. The summed E-state index contributed by atoms with van der Waals surface area (Å²) in [5.41, 5.74) is 0.941. The number of esters is 2. The molecule has 56 heavy (non-hydrogen) atoms. The van der Waals surface area contributed by atoms with Crippen molar-refractivity contribution in [3.8, 4) is 0 Å². The number of unbranched alkanes of at least 4 members (excludes halogenated alkanes) is 28. The third kappa shape index (κ3) is 33.1. The van der Waals surface area contributed by atoms with E-state index in [0.717, 1.165) is 51.9 Å². The molecule has 0 radical (unpaired) electrons. The molecule has 1 aromatic rings. The summed E-state index contributed by atoms with van der Waals surface area (Å²) in [5, 5.41) is 0. The van der Waals surface area contributed by atoms with E-state index in [1.807, 2.05) is 0 Å². The fraction of sp³-hybridized carbons (Fsp3) is 0.840. The summed E-state index contributed by atoms with van der Waals surface area (Å²) in [6.07, 6.45) is 42.7. The highest BCUT2D eigenvalue weighted by Crippen LogP contribution is 2.15. The smallest absolute Gasteiger partial charge is 0.338 e. The van der Waals surface area contributed by atoms with Gasteiger partial charge in [-0.2, -0.15) is 0 Å². The van der Waals surface area contributed by atoms with E-state index < -0.39 is 0 Å². The van der Waals surface area contributed by atoms with Gasteiger partial charge in [0.25, 0.3) is 0 Å². The third-order valence-corrected chi connectivity index (χ3v) is 11.5. The van der Waals surface area contributed by atoms with E-state index in [2.05, 4.69) is 37.7 Å². The summed E-state index contributed by atoms with van der Waals surface area (Å²) in [6.45, 7) is 9.76. The monoisotopic (exact) mass is 785 g/mol. The van der Waals surface area contributed by atoms with Gasteiger partial charge in [0.1, 0.15) is 0 Å². The van der Waals surface area contributed by atoms with Crippen LogP contribution in [0.5, 0.6) is 0 Å². The molecule has 1 aromatic carbocycles. The van der Waals surface area contributed by atoms with Gasteiger partial charge in [0.05, 0.1) is 24.3 Å². The van der Waals surface area contributed by atoms with Crippen LogP contribution in [0.15, 0.2) is 24.3 Å². The molecule has 0 heterocycles. The van der Waals surface area contributed by atoms with Crippen LogP contribution in [0, 0.1) is 0 Å². The second-order valence-electron chi connectivity index (χ2n) is 17.1. The van der Waals surface area contributed by atoms with E-state index in [1.54, 1.807) is 24.3 Å². The number of benzene rings is 1. The van der Waals surface area contributed by atoms with E-state index in [4.69, 9.17) is 9.47 Å². The van der Waals surface area contributed by atoms with Crippen LogP contribution in [-0.2, 0) is 9.47 Å². The molecule has 1 rings (SSSR count). The first-order chi connectivity index (χ1) is 27.5. The van der Waals surface area contributed by atoms with Crippen molar-refractivity contribution in [1.82, 2.24) is 9.80 Å². The molecule has 0 atom stereocenters. The van der Waals surface area contributed by atoms with Gasteiger partial charge >= 0.3 is 11.9 Å². The zero-order valence-electron chi connectivity index (χ0n) is 37.7. The molecule has 0 aliphatic heterocycles. The summed E-state index contributed by atoms with van der Waals surface area (Å²) in [6, 6.07) is 6.65. The fourth-order valence-electron chi connectivity index (χ4n) is 7.58. The standard InChI is InChI=1S/C50H92N2O4/c1-5-7-9-11-13-15-17-19-21-23-25-27-29-31-41-51(3)43-33-35-45-55-49(53)47-37-39-48(40-38-47)50(54)56-46-36-34-44-52(4)42-32-30-28-26-24-22-20-18-16-14-12-10-8-6-2/h37-40H,5-36,41-46H2,1-4H3. The maximum atomic E-state index is 12.5. The van der Waals surface area contributed by atoms with Crippen LogP contribution in [0.2, 0.25) is 0 Å². The van der Waals surface area contributed by atoms with Gasteiger partial charge in [-0.15, -0.1) is 0 Å². The van der Waals surface area contributed by atoms with E-state index in [1.165, 1.54) is 180 Å². The number of nitrogens with zero attached hydrogens (tertiary/aromatic N) is 2. The van der Waals surface area contributed by atoms with Crippen molar-refractivity contribution in [3.63, 3.8) is 0 Å². The first-order valence-corrected chi connectivity index (χ1v) is 24.3. The van der Waals surface area contributed by atoms with Crippen LogP contribution in [-0.4, -0.2) is 75.2 Å². The topological polar surface area (TPSA) is 59.1 Å². The van der Waals surface area contributed by atoms with Crippen molar-refractivity contribution < 1.29 is 19.1 Å². The molecule has 0 aliphatic carbocycles. The second kappa shape index (κ2) is 39.9. The average molecular weight is 785 g/mol. The minimum Gasteiger partial charge on any atom is -0.462 e. The van der Waals surface area contributed by atoms with Crippen molar-refractivity contribution >= 4 is 11.9 Å². The van der Waals surface area contributed by atoms with Crippen molar-refractivity contribution in [1.29, 1.82) is 0 Å². The van der Waals surface area contributed by atoms with Crippen molar-refractivity contribution in [2.45, 2.75) is 219 Å². The summed E-state index contributed by atoms with van der Waals surface area (Å²) in [7, 11) is 4.39. The Balaban J connectivity index is 1.95. The van der Waals surface area contributed by atoms with Crippen LogP contribution in [0.4, 0.5) is 0 Å². The van der Waals surface area contributed by atoms with Crippen LogP contribution < -0.4 is 0 Å². The third-order valence-electron chi connectivity index (χ3n) is 11.5. The Morgan fingerprint density at radius 1 is 0.357 bits per heavy atom. The molecule has 0 unspecified atom stereocenters. The average Bonchev–Trinajstić information content (AvgIpc) is 3.20. The molecule has 0 aliphatic rings. The molecule has 0 bridgehead atoms. The first-order valence-electron chi connectivity index (χ1n) is 24.3. The predicted octanol–water partition coefficient (Wildman–Crippen LogP) is 14.4. The van der Waals surface area contributed by atoms with Gasteiger partial charge in [-0.25, -0.2) is 9.59 Å². The van der Waals surface area contributed by atoms with Crippen LogP contribution in [0.25, 0.3) is 0 Å². The van der Waals surface area contributed by atoms with Gasteiger partial charge in [-0.3, -0.25) is 0 Å². The maximum absolute atomic E-state index is 12.5. The Labute approximate surface area is 348 Å². The van der Waals surface area contributed by atoms with Crippen LogP contribution >= 0.6 is 0 Å². The number of carbonyl (C=O) groups excluding carboxylic acids is 2. The highest BCUT2D eigenvalue weighted by atomic mass is 16.5. The van der Waals surface area contributed by atoms with Gasteiger partial charge in [0, 0.05) is 0 Å². The largest absolute Gasteiger partial charge is 0.462 e. The fourth-order valence-corrected chi connectivity index (χ4v) is 7.58. The highest BCUT2D eigenvalue weighted by molar-refractivity contribution is 5.93. The Kier molecular flexibility index (Phi) is 37.1. The molecular formula is C50H92N2O4. The minimum atomic E-state index is -0.334. The highest BCUT2D eigenvalue weighted by Gasteiger charge is 2.11. The molecular weight excluding hydrogens is 693 g/mol. The van der Waals surface area contributed by atoms with Crippen LogP contribution in [0.1, 0.15) is 240 Å². The van der Waals surface area contributed by atoms with Gasteiger partial charge in [-0.05, 0) is 103 Å². The molecule has 0 saturated carbocycles. The lowest BCUT2D eigenvalue weighted by atomic mass is 10.0. The molecule has 6 heteroatoms. The number of hydrogen-bond acceptors (Lipinski definition) is 6. The zero-order chi connectivity index (χ0) is 40.6. The lowest BCUT2D eigenvalue weighted by Crippen LogP contribution is -2.21. The maximum Gasteiger partial charge on any atom is 0.338 e. The van der Waals surface area contributed by atoms with E-state index >= 15 is 0 Å². The summed E-state index contributed by atoms with van der Waals surface area (Å²) in [5.74, 6) is -0.669. The predicted molar refractivity (Wildman–Crippen MR) is 241 cm³/mol. The SMILES string of the molecule is CCCCCCCCCCCCCCCCN(C)CCCCOC(=O)c1ccc(C(=O)OCCCCN(C)CCCCCCCCCCCCCCCC)cc1. The Morgan fingerprint density at radius 3 is 0.821 bits per heavy atom. The number of rotatable bonds is 42. The van der Waals surface area contributed by atoms with Gasteiger partial charge in [0.15, 0.2) is 0 Å². The molecule has 0 N–H and O–H groups in total. The van der Waals surface area contributed by atoms with E-state index in [0.29, 0.717) is 24.3 Å². The summed E-state index contributed by atoms with van der Waals surface area (Å²) < 4.78 is 11.0. The summed E-state index contributed by atoms with van der Waals surface area (Å²) in [4.78, 5) is 29.9. The molecule has 0 amide bonds. The normalized spacial score (nSPS) is 11.5. The van der Waals surface area contributed by atoms with Gasteiger partial charge in [0.2, 0.25) is 0 Å². The van der Waals surface area contributed by atoms with Crippen molar-refractivity contribution in [2.75, 3.05) is 53.5 Å². The van der Waals surface area contributed by atoms with Gasteiger partial charge in [-0.1, -0.05) is 181 Å².